The summed E-state index contributed by atoms with van der Waals surface area (Å²) in [6.07, 6.45) is 0.788. The maximum atomic E-state index is 13.2. The molecule has 144 valence electrons. The Morgan fingerprint density at radius 2 is 1.93 bits per heavy atom. The van der Waals surface area contributed by atoms with E-state index in [-0.39, 0.29) is 11.6 Å². The monoisotopic (exact) mass is 414 g/mol. The Kier molecular flexibility index (Phi) is 4.96. The molecule has 2 aliphatic heterocycles. The number of benzene rings is 2. The summed E-state index contributed by atoms with van der Waals surface area (Å²) in [7, 11) is 1.65. The fourth-order valence-electron chi connectivity index (χ4n) is 3.90. The summed E-state index contributed by atoms with van der Waals surface area (Å²) in [6.45, 7) is 6.61. The van der Waals surface area contributed by atoms with E-state index in [4.69, 9.17) is 27.9 Å². The van der Waals surface area contributed by atoms with Crippen molar-refractivity contribution in [2.75, 3.05) is 13.7 Å². The van der Waals surface area contributed by atoms with Crippen LogP contribution in [0.25, 0.3) is 39.9 Å². The van der Waals surface area contributed by atoms with Gasteiger partial charge in [-0.05, 0) is 30.7 Å². The zero-order valence-corrected chi connectivity index (χ0v) is 17.2. The SMILES string of the molecule is C=c1cc2n(C(CC)COC)c(=O)c3ccc(-c4ccc(Cl)cc4Cl)c([nH]1)c3-2. The third-order valence-corrected chi connectivity index (χ3v) is 5.73. The van der Waals surface area contributed by atoms with Gasteiger partial charge in [0, 0.05) is 39.2 Å². The van der Waals surface area contributed by atoms with Gasteiger partial charge >= 0.3 is 0 Å². The summed E-state index contributed by atoms with van der Waals surface area (Å²) in [5, 5.41) is 2.52. The molecule has 0 bridgehead atoms. The van der Waals surface area contributed by atoms with Crippen LogP contribution in [0.3, 0.4) is 0 Å². The van der Waals surface area contributed by atoms with Gasteiger partial charge in [0.2, 0.25) is 0 Å². The van der Waals surface area contributed by atoms with Crippen molar-refractivity contribution in [1.82, 2.24) is 9.55 Å². The Balaban J connectivity index is 2.06. The average Bonchev–Trinajstić information content (AvgIpc) is 2.93. The van der Waals surface area contributed by atoms with Crippen molar-refractivity contribution >= 4 is 40.7 Å². The molecule has 0 fully saturated rings. The summed E-state index contributed by atoms with van der Waals surface area (Å²) < 4.78 is 7.18. The first kappa shape index (κ1) is 19.1. The number of hydrogen-bond donors (Lipinski definition) is 1. The Morgan fingerprint density at radius 1 is 1.18 bits per heavy atom. The van der Waals surface area contributed by atoms with E-state index in [1.165, 1.54) is 0 Å². The van der Waals surface area contributed by atoms with Gasteiger partial charge in [0.1, 0.15) is 0 Å². The van der Waals surface area contributed by atoms with Gasteiger partial charge < -0.3 is 14.3 Å². The van der Waals surface area contributed by atoms with Crippen molar-refractivity contribution in [1.29, 1.82) is 0 Å². The molecule has 2 aromatic rings. The molecule has 0 saturated carbocycles. The Morgan fingerprint density at radius 3 is 2.61 bits per heavy atom. The number of aromatic amines is 1. The number of rotatable bonds is 5. The molecular weight excluding hydrogens is 395 g/mol. The van der Waals surface area contributed by atoms with Gasteiger partial charge in [-0.25, -0.2) is 0 Å². The van der Waals surface area contributed by atoms with Crippen molar-refractivity contribution in [2.45, 2.75) is 19.4 Å². The van der Waals surface area contributed by atoms with Crippen LogP contribution in [0.5, 0.6) is 0 Å². The number of nitrogens with one attached hydrogen (secondary N) is 1. The molecule has 2 heterocycles. The average molecular weight is 415 g/mol. The first-order chi connectivity index (χ1) is 13.5. The molecule has 0 aromatic heterocycles. The largest absolute Gasteiger partial charge is 0.383 e. The molecule has 6 heteroatoms. The van der Waals surface area contributed by atoms with Gasteiger partial charge in [0.05, 0.1) is 29.2 Å². The fourth-order valence-corrected chi connectivity index (χ4v) is 4.41. The maximum absolute atomic E-state index is 13.2. The molecule has 0 aliphatic carbocycles. The van der Waals surface area contributed by atoms with E-state index >= 15 is 0 Å². The van der Waals surface area contributed by atoms with Gasteiger partial charge in [-0.15, -0.1) is 0 Å². The highest BCUT2D eigenvalue weighted by Gasteiger charge is 2.26. The minimum absolute atomic E-state index is 0.0170. The zero-order chi connectivity index (χ0) is 20.0. The van der Waals surface area contributed by atoms with E-state index in [2.05, 4.69) is 18.5 Å². The normalized spacial score (nSPS) is 12.9. The second kappa shape index (κ2) is 7.28. The van der Waals surface area contributed by atoms with Gasteiger partial charge in [0.25, 0.3) is 5.56 Å². The second-order valence-corrected chi connectivity index (χ2v) is 7.75. The summed E-state index contributed by atoms with van der Waals surface area (Å²) in [6, 6.07) is 11.1. The van der Waals surface area contributed by atoms with Crippen LogP contribution in [-0.4, -0.2) is 23.3 Å². The molecule has 0 radical (unpaired) electrons. The van der Waals surface area contributed by atoms with Gasteiger partial charge in [-0.1, -0.05) is 48.8 Å². The third kappa shape index (κ3) is 2.93. The molecule has 2 aromatic carbocycles. The first-order valence-corrected chi connectivity index (χ1v) is 9.84. The van der Waals surface area contributed by atoms with Crippen molar-refractivity contribution in [3.8, 4) is 22.4 Å². The lowest BCUT2D eigenvalue weighted by atomic mass is 9.97. The van der Waals surface area contributed by atoms with Gasteiger partial charge in [0.15, 0.2) is 0 Å². The molecular formula is C22H20Cl2N2O2. The van der Waals surface area contributed by atoms with Crippen LogP contribution in [0.15, 0.2) is 41.2 Å². The molecule has 0 saturated heterocycles. The molecule has 0 amide bonds. The van der Waals surface area contributed by atoms with Crippen LogP contribution >= 0.6 is 23.2 Å². The number of methoxy groups -OCH3 is 1. The standard InChI is InChI=1S/C22H20Cl2N2O2/c1-4-14(11-28-3)26-19-9-12(2)25-21-16(7-8-17(20(19)21)22(26)27)15-6-5-13(23)10-18(15)24/h5-10,14,25H,2,4,11H2,1,3H3. The predicted octanol–water partition coefficient (Wildman–Crippen LogP) is 5.13. The Bertz CT molecular complexity index is 1240. The molecule has 0 spiro atoms. The third-order valence-electron chi connectivity index (χ3n) is 5.18. The van der Waals surface area contributed by atoms with Crippen molar-refractivity contribution < 1.29 is 4.74 Å². The van der Waals surface area contributed by atoms with E-state index in [1.54, 1.807) is 19.2 Å². The molecule has 1 N–H and O–H groups in total. The summed E-state index contributed by atoms with van der Waals surface area (Å²) >= 11 is 12.5. The lowest BCUT2D eigenvalue weighted by Crippen LogP contribution is -2.24. The number of hydrogen-bond acceptors (Lipinski definition) is 2. The molecule has 2 aliphatic rings. The van der Waals surface area contributed by atoms with Crippen LogP contribution in [-0.2, 0) is 4.74 Å². The highest BCUT2D eigenvalue weighted by molar-refractivity contribution is 6.36. The molecule has 4 rings (SSSR count). The number of halogens is 2. The number of H-pyrrole nitrogens is 1. The van der Waals surface area contributed by atoms with E-state index in [0.717, 1.165) is 39.7 Å². The van der Waals surface area contributed by atoms with Crippen LogP contribution < -0.4 is 10.9 Å². The highest BCUT2D eigenvalue weighted by Crippen LogP contribution is 2.40. The van der Waals surface area contributed by atoms with Crippen LogP contribution in [0.4, 0.5) is 0 Å². The van der Waals surface area contributed by atoms with Crippen molar-refractivity contribution in [3.63, 3.8) is 0 Å². The minimum atomic E-state index is -0.0440. The molecule has 4 nitrogen and oxygen atoms in total. The lowest BCUT2D eigenvalue weighted by molar-refractivity contribution is 0.153. The lowest BCUT2D eigenvalue weighted by Gasteiger charge is -2.19. The Labute approximate surface area is 172 Å². The fraction of sp³-hybridized carbons (Fsp3) is 0.227. The molecule has 1 unspecified atom stereocenters. The van der Waals surface area contributed by atoms with E-state index < -0.39 is 0 Å². The van der Waals surface area contributed by atoms with E-state index in [9.17, 15) is 4.79 Å². The van der Waals surface area contributed by atoms with E-state index in [1.807, 2.05) is 28.8 Å². The summed E-state index contributed by atoms with van der Waals surface area (Å²) in [5.41, 5.74) is 4.32. The number of nitrogens with zero attached hydrogens (tertiary/aromatic N) is 1. The Hall–Kier alpha value is -2.27. The number of ether oxygens (including phenoxy) is 1. The highest BCUT2D eigenvalue weighted by atomic mass is 35.5. The zero-order valence-electron chi connectivity index (χ0n) is 15.7. The molecule has 1 atom stereocenters. The van der Waals surface area contributed by atoms with E-state index in [0.29, 0.717) is 22.0 Å². The summed E-state index contributed by atoms with van der Waals surface area (Å²) in [5.74, 6) is 0. The molecule has 28 heavy (non-hydrogen) atoms. The van der Waals surface area contributed by atoms with Gasteiger partial charge in [-0.2, -0.15) is 0 Å². The van der Waals surface area contributed by atoms with Crippen molar-refractivity contribution in [3.05, 3.63) is 62.1 Å². The van der Waals surface area contributed by atoms with Crippen LogP contribution in [0.1, 0.15) is 19.4 Å². The maximum Gasteiger partial charge on any atom is 0.259 e. The van der Waals surface area contributed by atoms with Crippen molar-refractivity contribution in [2.24, 2.45) is 0 Å². The minimum Gasteiger partial charge on any atom is -0.383 e. The van der Waals surface area contributed by atoms with Crippen LogP contribution in [0.2, 0.25) is 10.0 Å². The second-order valence-electron chi connectivity index (χ2n) is 6.91. The topological polar surface area (TPSA) is 47.0 Å². The van der Waals surface area contributed by atoms with Crippen LogP contribution in [0, 0.1) is 0 Å². The number of aromatic nitrogens is 2. The first-order valence-electron chi connectivity index (χ1n) is 9.09. The van der Waals surface area contributed by atoms with Gasteiger partial charge in [-0.3, -0.25) is 4.79 Å². The predicted molar refractivity (Wildman–Crippen MR) is 117 cm³/mol. The quantitative estimate of drug-likeness (QED) is 0.491. The summed E-state index contributed by atoms with van der Waals surface area (Å²) in [4.78, 5) is 16.6. The smallest absolute Gasteiger partial charge is 0.259 e. The number of pyridine rings is 1.